The summed E-state index contributed by atoms with van der Waals surface area (Å²) in [6.45, 7) is 7.10. The number of nitrogens with one attached hydrogen (secondary N) is 1. The third kappa shape index (κ3) is 4.14. The lowest BCUT2D eigenvalue weighted by atomic mass is 9.89. The van der Waals surface area contributed by atoms with E-state index in [2.05, 4.69) is 110 Å². The average molecular weight is 358 g/mol. The van der Waals surface area contributed by atoms with Crippen LogP contribution in [-0.4, -0.2) is 15.1 Å². The topological polar surface area (TPSA) is 12.0 Å². The molecule has 0 aliphatic carbocycles. The second-order valence-electron chi connectivity index (χ2n) is 7.63. The van der Waals surface area contributed by atoms with Crippen molar-refractivity contribution in [2.75, 3.05) is 12.4 Å². The molecule has 0 unspecified atom stereocenters. The van der Waals surface area contributed by atoms with E-state index in [4.69, 9.17) is 0 Å². The number of hydrogen-bond acceptors (Lipinski definition) is 1. The Balaban J connectivity index is 2.28. The van der Waals surface area contributed by atoms with E-state index in [0.717, 1.165) is 5.69 Å². The van der Waals surface area contributed by atoms with Crippen LogP contribution in [0.4, 0.5) is 5.69 Å². The van der Waals surface area contributed by atoms with Gasteiger partial charge in [-0.3, -0.25) is 0 Å². The van der Waals surface area contributed by atoms with Gasteiger partial charge in [0.2, 0.25) is 0 Å². The van der Waals surface area contributed by atoms with Gasteiger partial charge in [0.15, 0.2) is 0 Å². The minimum absolute atomic E-state index is 1.15. The minimum atomic E-state index is -1.28. The summed E-state index contributed by atoms with van der Waals surface area (Å²) in [5, 5.41) is 3.36. The third-order valence-electron chi connectivity index (χ3n) is 4.41. The molecule has 3 aromatic carbocycles. The van der Waals surface area contributed by atoms with Crippen LogP contribution in [0.15, 0.2) is 78.5 Å². The van der Waals surface area contributed by atoms with Crippen molar-refractivity contribution in [1.29, 1.82) is 0 Å². The molecule has 1 nitrogen and oxygen atoms in total. The average Bonchev–Trinajstić information content (AvgIpc) is 2.66. The van der Waals surface area contributed by atoms with Crippen LogP contribution >= 0.6 is 0 Å². The lowest BCUT2D eigenvalue weighted by molar-refractivity contribution is 1.49. The Morgan fingerprint density at radius 1 is 0.731 bits per heavy atom. The van der Waals surface area contributed by atoms with Crippen LogP contribution in [0.25, 0.3) is 28.3 Å². The molecule has 3 rings (SSSR count). The second-order valence-corrected chi connectivity index (χ2v) is 12.7. The maximum absolute atomic E-state index is 3.36. The van der Waals surface area contributed by atoms with Gasteiger partial charge in [-0.1, -0.05) is 98.1 Å². The van der Waals surface area contributed by atoms with Crippen LogP contribution < -0.4 is 5.32 Å². The van der Waals surface area contributed by atoms with Crippen LogP contribution in [-0.2, 0) is 0 Å². The summed E-state index contributed by atoms with van der Waals surface area (Å²) in [4.78, 5) is 0. The Morgan fingerprint density at radius 3 is 2.08 bits per heavy atom. The van der Waals surface area contributed by atoms with E-state index in [1.165, 1.54) is 27.8 Å². The van der Waals surface area contributed by atoms with Gasteiger partial charge in [-0.25, -0.2) is 0 Å². The summed E-state index contributed by atoms with van der Waals surface area (Å²) in [5.41, 5.74) is 9.89. The maximum Gasteiger partial charge on any atom is 0.0687 e. The Morgan fingerprint density at radius 2 is 1.38 bits per heavy atom. The largest absolute Gasteiger partial charge is 0.388 e. The maximum atomic E-state index is 3.36. The number of benzene rings is 3. The molecule has 0 radical (unpaired) electrons. The molecule has 0 fully saturated rings. The minimum Gasteiger partial charge on any atom is -0.388 e. The monoisotopic (exact) mass is 357 g/mol. The first-order chi connectivity index (χ1) is 12.5. The Kier molecular flexibility index (Phi) is 5.43. The van der Waals surface area contributed by atoms with Gasteiger partial charge in [-0.05, 0) is 28.3 Å². The van der Waals surface area contributed by atoms with E-state index in [9.17, 15) is 0 Å². The highest BCUT2D eigenvalue weighted by molar-refractivity contribution is 6.81. The molecule has 0 heterocycles. The smallest absolute Gasteiger partial charge is 0.0687 e. The molecule has 26 heavy (non-hydrogen) atoms. The van der Waals surface area contributed by atoms with Crippen LogP contribution in [0.5, 0.6) is 0 Å². The normalized spacial score (nSPS) is 11.7. The third-order valence-corrected chi connectivity index (χ3v) is 5.58. The van der Waals surface area contributed by atoms with Crippen molar-refractivity contribution in [3.8, 4) is 22.3 Å². The fourth-order valence-corrected chi connectivity index (χ4v) is 3.81. The van der Waals surface area contributed by atoms with Gasteiger partial charge in [0.25, 0.3) is 0 Å². The van der Waals surface area contributed by atoms with Crippen molar-refractivity contribution in [1.82, 2.24) is 0 Å². The Bertz CT molecular complexity index is 905. The molecule has 0 atom stereocenters. The molecule has 1 N–H and O–H groups in total. The van der Waals surface area contributed by atoms with E-state index in [1.807, 2.05) is 7.05 Å². The predicted octanol–water partition coefficient (Wildman–Crippen LogP) is 6.95. The van der Waals surface area contributed by atoms with E-state index in [-0.39, 0.29) is 0 Å². The molecule has 0 saturated carbocycles. The molecule has 0 aliphatic rings. The Labute approximate surface area is 158 Å². The van der Waals surface area contributed by atoms with Crippen molar-refractivity contribution in [3.63, 3.8) is 0 Å². The summed E-state index contributed by atoms with van der Waals surface area (Å²) in [6.07, 6.45) is 2.32. The first-order valence-electron chi connectivity index (χ1n) is 9.14. The van der Waals surface area contributed by atoms with Gasteiger partial charge in [0.1, 0.15) is 0 Å². The SMILES string of the molecule is CNc1ccccc1-c1c(/C=C/[Si](C)(C)C)cccc1-c1ccccc1. The molecule has 132 valence electrons. The van der Waals surface area contributed by atoms with Gasteiger partial charge >= 0.3 is 0 Å². The predicted molar refractivity (Wildman–Crippen MR) is 119 cm³/mol. The summed E-state index contributed by atoms with van der Waals surface area (Å²) >= 11 is 0. The molecular formula is C24H27NSi. The Hall–Kier alpha value is -2.58. The molecule has 0 bridgehead atoms. The number of rotatable bonds is 5. The van der Waals surface area contributed by atoms with Gasteiger partial charge in [-0.15, -0.1) is 0 Å². The lowest BCUT2D eigenvalue weighted by Gasteiger charge is -2.18. The molecule has 0 saturated heterocycles. The summed E-state index contributed by atoms with van der Waals surface area (Å²) in [6, 6.07) is 25.8. The van der Waals surface area contributed by atoms with Crippen LogP contribution in [0.1, 0.15) is 5.56 Å². The highest BCUT2D eigenvalue weighted by atomic mass is 28.3. The highest BCUT2D eigenvalue weighted by Crippen LogP contribution is 2.39. The van der Waals surface area contributed by atoms with Crippen LogP contribution in [0.2, 0.25) is 19.6 Å². The van der Waals surface area contributed by atoms with Gasteiger partial charge < -0.3 is 5.32 Å². The number of hydrogen-bond donors (Lipinski definition) is 1. The number of para-hydroxylation sites is 1. The number of anilines is 1. The van der Waals surface area contributed by atoms with E-state index in [0.29, 0.717) is 0 Å². The van der Waals surface area contributed by atoms with Gasteiger partial charge in [-0.2, -0.15) is 0 Å². The molecule has 0 amide bonds. The molecule has 0 spiro atoms. The fourth-order valence-electron chi connectivity index (χ4n) is 3.13. The zero-order valence-corrected chi connectivity index (χ0v) is 17.1. The zero-order valence-electron chi connectivity index (χ0n) is 16.1. The summed E-state index contributed by atoms with van der Waals surface area (Å²) in [7, 11) is 0.709. The van der Waals surface area contributed by atoms with Crippen molar-refractivity contribution in [3.05, 3.63) is 84.1 Å². The standard InChI is InChI=1S/C24H27NSi/c1-25-23-16-9-8-14-22(23)24-20(17-18-26(2,3)4)13-10-15-21(24)19-11-6-5-7-12-19/h5-18,25H,1-4H3/b18-17+. The van der Waals surface area contributed by atoms with Gasteiger partial charge in [0.05, 0.1) is 8.07 Å². The first-order valence-corrected chi connectivity index (χ1v) is 12.7. The highest BCUT2D eigenvalue weighted by Gasteiger charge is 2.15. The van der Waals surface area contributed by atoms with Crippen molar-refractivity contribution >= 4 is 19.8 Å². The van der Waals surface area contributed by atoms with Crippen molar-refractivity contribution in [2.24, 2.45) is 0 Å². The zero-order chi connectivity index (χ0) is 18.6. The first kappa shape index (κ1) is 18.2. The van der Waals surface area contributed by atoms with Crippen molar-refractivity contribution in [2.45, 2.75) is 19.6 Å². The molecule has 0 aliphatic heterocycles. The van der Waals surface area contributed by atoms with E-state index < -0.39 is 8.07 Å². The molecular weight excluding hydrogens is 330 g/mol. The fraction of sp³-hybridized carbons (Fsp3) is 0.167. The molecule has 0 aromatic heterocycles. The van der Waals surface area contributed by atoms with Crippen LogP contribution in [0, 0.1) is 0 Å². The second kappa shape index (κ2) is 7.75. The lowest BCUT2D eigenvalue weighted by Crippen LogP contribution is -2.15. The summed E-state index contributed by atoms with van der Waals surface area (Å²) < 4.78 is 0. The van der Waals surface area contributed by atoms with Crippen LogP contribution in [0.3, 0.4) is 0 Å². The summed E-state index contributed by atoms with van der Waals surface area (Å²) in [5.74, 6) is 0. The van der Waals surface area contributed by atoms with E-state index in [1.54, 1.807) is 0 Å². The quantitative estimate of drug-likeness (QED) is 0.487. The van der Waals surface area contributed by atoms with E-state index >= 15 is 0 Å². The van der Waals surface area contributed by atoms with Crippen molar-refractivity contribution < 1.29 is 0 Å². The van der Waals surface area contributed by atoms with Gasteiger partial charge in [0, 0.05) is 18.3 Å². The molecule has 2 heteroatoms. The molecule has 3 aromatic rings.